The van der Waals surface area contributed by atoms with Gasteiger partial charge < -0.3 is 21.5 Å². The minimum absolute atomic E-state index is 0.889. The lowest BCUT2D eigenvalue weighted by Crippen LogP contribution is -2.77. The minimum atomic E-state index is -2.87. The highest BCUT2D eigenvalue weighted by Gasteiger charge is 2.66. The third-order valence-electron chi connectivity index (χ3n) is 4.61. The summed E-state index contributed by atoms with van der Waals surface area (Å²) in [7, 11) is -7.46. The number of rotatable bonds is 2. The van der Waals surface area contributed by atoms with Gasteiger partial charge in [-0.2, -0.15) is 0 Å². The molecule has 5 nitrogen and oxygen atoms in total. The second-order valence-electron chi connectivity index (χ2n) is 7.63. The van der Waals surface area contributed by atoms with E-state index in [0.29, 0.717) is 0 Å². The van der Waals surface area contributed by atoms with Crippen molar-refractivity contribution in [2.45, 2.75) is 26.2 Å². The molecule has 2 aliphatic rings. The number of anilines is 2. The largest absolute Gasteiger partial charge is 0.571 e. The van der Waals surface area contributed by atoms with Gasteiger partial charge in [-0.05, 0) is 50.5 Å². The van der Waals surface area contributed by atoms with Crippen LogP contribution in [0.2, 0.25) is 26.2 Å². The highest BCUT2D eigenvalue weighted by molar-refractivity contribution is 6.96. The molecule has 2 heterocycles. The maximum absolute atomic E-state index is 6.81. The number of hydrogen-bond donors (Lipinski definition) is 0. The van der Waals surface area contributed by atoms with Crippen molar-refractivity contribution in [3.05, 3.63) is 60.7 Å². The van der Waals surface area contributed by atoms with Gasteiger partial charge in [0.25, 0.3) is 0 Å². The van der Waals surface area contributed by atoms with E-state index >= 15 is 0 Å². The average molecular weight is 403 g/mol. The third-order valence-corrected chi connectivity index (χ3v) is 16.9. The van der Waals surface area contributed by atoms with Gasteiger partial charge in [-0.1, -0.05) is 36.4 Å². The Bertz CT molecular complexity index is 708. The molecule has 2 aromatic carbocycles. The van der Waals surface area contributed by atoms with Gasteiger partial charge in [0, 0.05) is 24.5 Å². The lowest BCUT2D eigenvalue weighted by atomic mass is 10.3. The Kier molecular flexibility index (Phi) is 4.37. The number of para-hydroxylation sites is 2. The summed E-state index contributed by atoms with van der Waals surface area (Å²) in [4.78, 5) is 0. The van der Waals surface area contributed by atoms with E-state index in [1.54, 1.807) is 0 Å². The van der Waals surface area contributed by atoms with E-state index in [-0.39, 0.29) is 0 Å². The summed E-state index contributed by atoms with van der Waals surface area (Å²) in [5.74, 6) is 0. The van der Waals surface area contributed by atoms with Gasteiger partial charge in [-0.25, -0.2) is 0 Å². The molecule has 8 heteroatoms. The zero-order valence-electron chi connectivity index (χ0n) is 15.8. The normalized spacial score (nSPS) is 23.4. The summed E-state index contributed by atoms with van der Waals surface area (Å²) in [6, 6.07) is 21.0. The third kappa shape index (κ3) is 3.17. The molecule has 0 amide bonds. The summed E-state index contributed by atoms with van der Waals surface area (Å²) < 4.78 is 24.7. The number of benzene rings is 2. The van der Waals surface area contributed by atoms with Crippen LogP contribution in [0.3, 0.4) is 0 Å². The van der Waals surface area contributed by atoms with Crippen molar-refractivity contribution in [2.24, 2.45) is 0 Å². The molecular weight excluding hydrogens is 376 g/mol. The fourth-order valence-electron chi connectivity index (χ4n) is 3.94. The van der Waals surface area contributed by atoms with Gasteiger partial charge in [0.05, 0.1) is 0 Å². The Morgan fingerprint density at radius 2 is 1.00 bits per heavy atom. The Balaban J connectivity index is 1.84. The Morgan fingerprint density at radius 1 is 0.615 bits per heavy atom. The molecule has 0 aromatic heterocycles. The van der Waals surface area contributed by atoms with Gasteiger partial charge in [-0.15, -0.1) is 0 Å². The van der Waals surface area contributed by atoms with Gasteiger partial charge in [0.2, 0.25) is 0 Å². The van der Waals surface area contributed by atoms with Gasteiger partial charge in [-0.3, -0.25) is 0 Å². The highest BCUT2D eigenvalue weighted by atomic mass is 28.5. The molecule has 26 heavy (non-hydrogen) atoms. The zero-order valence-corrected chi connectivity index (χ0v) is 18.8. The fourth-order valence-corrected chi connectivity index (χ4v) is 19.2. The van der Waals surface area contributed by atoms with Crippen LogP contribution < -0.4 is 9.13 Å². The van der Waals surface area contributed by atoms with E-state index in [2.05, 4.69) is 83.8 Å². The Hall–Kier alpha value is -1.43. The molecule has 2 aromatic rings. The molecule has 2 fully saturated rings. The van der Waals surface area contributed by atoms with Crippen molar-refractivity contribution in [1.82, 2.24) is 0 Å². The molecule has 0 N–H and O–H groups in total. The van der Waals surface area contributed by atoms with E-state index in [9.17, 15) is 0 Å². The van der Waals surface area contributed by atoms with E-state index < -0.39 is 26.0 Å². The number of hydrogen-bond acceptors (Lipinski definition) is 5. The minimum Gasteiger partial charge on any atom is -0.416 e. The molecule has 0 unspecified atom stereocenters. The fraction of sp³-hybridized carbons (Fsp3) is 0.333. The molecular formula is C18H26N2O3Si3. The number of nitrogens with zero attached hydrogens (tertiary/aromatic N) is 2. The first kappa shape index (κ1) is 18.0. The van der Waals surface area contributed by atoms with Crippen LogP contribution in [0.25, 0.3) is 0 Å². The standard InChI is InChI=1S/C18H26N2O3Si3/c1-24(2)21-25(3,4)23-26(22-24)19(17-11-7-5-8-12-17)15-16-20(26)18-13-9-6-10-14-18/h5-14H,15-16H2,1-4H3. The predicted molar refractivity (Wildman–Crippen MR) is 112 cm³/mol. The summed E-state index contributed by atoms with van der Waals surface area (Å²) in [5, 5.41) is 0. The van der Waals surface area contributed by atoms with Crippen LogP contribution in [-0.4, -0.2) is 39.1 Å². The molecule has 2 saturated heterocycles. The van der Waals surface area contributed by atoms with Crippen LogP contribution in [0.5, 0.6) is 0 Å². The second-order valence-corrected chi connectivity index (χ2v) is 17.9. The summed E-state index contributed by atoms with van der Waals surface area (Å²) in [6.07, 6.45) is 0. The Labute approximate surface area is 159 Å². The van der Waals surface area contributed by atoms with Crippen molar-refractivity contribution < 1.29 is 12.3 Å². The van der Waals surface area contributed by atoms with Crippen molar-refractivity contribution in [3.63, 3.8) is 0 Å². The lowest BCUT2D eigenvalue weighted by Gasteiger charge is -2.52. The first-order valence-corrected chi connectivity index (χ1v) is 16.4. The van der Waals surface area contributed by atoms with Gasteiger partial charge >= 0.3 is 26.0 Å². The van der Waals surface area contributed by atoms with Gasteiger partial charge in [0.15, 0.2) is 0 Å². The van der Waals surface area contributed by atoms with E-state index in [1.165, 1.54) is 0 Å². The average Bonchev–Trinajstić information content (AvgIpc) is 2.90. The van der Waals surface area contributed by atoms with Crippen LogP contribution in [0.15, 0.2) is 60.7 Å². The quantitative estimate of drug-likeness (QED) is 0.711. The molecule has 0 aliphatic carbocycles. The lowest BCUT2D eigenvalue weighted by molar-refractivity contribution is 0.228. The van der Waals surface area contributed by atoms with E-state index in [4.69, 9.17) is 12.3 Å². The summed E-state index contributed by atoms with van der Waals surface area (Å²) in [5.41, 5.74) is 2.32. The van der Waals surface area contributed by atoms with Crippen LogP contribution >= 0.6 is 0 Å². The summed E-state index contributed by atoms with van der Waals surface area (Å²) in [6.45, 7) is 10.3. The van der Waals surface area contributed by atoms with E-state index in [0.717, 1.165) is 24.5 Å². The molecule has 0 radical (unpaired) electrons. The molecule has 0 saturated carbocycles. The van der Waals surface area contributed by atoms with Crippen LogP contribution in [0.1, 0.15) is 0 Å². The van der Waals surface area contributed by atoms with Crippen molar-refractivity contribution >= 4 is 37.4 Å². The first-order chi connectivity index (χ1) is 12.3. The monoisotopic (exact) mass is 402 g/mol. The highest BCUT2D eigenvalue weighted by Crippen LogP contribution is 2.41. The van der Waals surface area contributed by atoms with Crippen LogP contribution in [0, 0.1) is 0 Å². The summed E-state index contributed by atoms with van der Waals surface area (Å²) >= 11 is 0. The van der Waals surface area contributed by atoms with Gasteiger partial charge in [0.1, 0.15) is 0 Å². The predicted octanol–water partition coefficient (Wildman–Crippen LogP) is 3.92. The molecule has 4 rings (SSSR count). The SMILES string of the molecule is C[Si]1(C)O[Si](C)(C)O[Si]2(O1)N(c1ccccc1)CCN2c1ccccc1. The second kappa shape index (κ2) is 6.33. The van der Waals surface area contributed by atoms with E-state index in [1.807, 2.05) is 12.1 Å². The molecule has 0 bridgehead atoms. The van der Waals surface area contributed by atoms with Crippen LogP contribution in [-0.2, 0) is 12.3 Å². The van der Waals surface area contributed by atoms with Crippen molar-refractivity contribution in [3.8, 4) is 0 Å². The maximum atomic E-state index is 6.81. The van der Waals surface area contributed by atoms with Crippen LogP contribution in [0.4, 0.5) is 11.4 Å². The molecule has 138 valence electrons. The topological polar surface area (TPSA) is 34.2 Å². The zero-order chi connectivity index (χ0) is 18.4. The molecule has 2 aliphatic heterocycles. The maximum Gasteiger partial charge on any atom is 0.571 e. The Morgan fingerprint density at radius 3 is 1.38 bits per heavy atom. The smallest absolute Gasteiger partial charge is 0.416 e. The molecule has 1 spiro atoms. The van der Waals surface area contributed by atoms with Crippen molar-refractivity contribution in [1.29, 1.82) is 0 Å². The molecule has 0 atom stereocenters. The van der Waals surface area contributed by atoms with Crippen molar-refractivity contribution in [2.75, 3.05) is 22.2 Å². The first-order valence-electron chi connectivity index (χ1n) is 9.07.